The molecule has 3 nitrogen and oxygen atoms in total. The Morgan fingerprint density at radius 2 is 1.77 bits per heavy atom. The van der Waals surface area contributed by atoms with Crippen LogP contribution in [0.1, 0.15) is 81.8 Å². The quantitative estimate of drug-likeness (QED) is 0.271. The molecule has 4 heteroatoms. The average Bonchev–Trinajstić information content (AvgIpc) is 2.80. The predicted octanol–water partition coefficient (Wildman–Crippen LogP) is 6.95. The molecule has 0 bridgehead atoms. The summed E-state index contributed by atoms with van der Waals surface area (Å²) in [6.45, 7) is 2.21. The topological polar surface area (TPSA) is 50.1 Å². The molecule has 0 radical (unpaired) electrons. The Kier molecular flexibility index (Phi) is 8.88. The maximum absolute atomic E-state index is 12.8. The van der Waals surface area contributed by atoms with E-state index in [1.54, 1.807) is 6.08 Å². The van der Waals surface area contributed by atoms with E-state index in [0.717, 1.165) is 57.8 Å². The number of hydrogen-bond acceptors (Lipinski definition) is 3. The molecule has 0 amide bonds. The summed E-state index contributed by atoms with van der Waals surface area (Å²) in [5, 5.41) is 8.42. The number of allylic oxidation sites excluding steroid dienone is 4. The van der Waals surface area contributed by atoms with Crippen LogP contribution in [-0.2, 0) is 16.0 Å². The standard InChI is InChI=1S/C27H34FNO2/c1-2-4-20-7-11-22(12-8-20)23-15-17-26(18-16-23)31-27(30)24-13-9-21(10-14-24)5-3-6-25(28)19-29/h3,5-8,11-12,21,23-24,26H,2,4,9-10,13-18H2,1H3. The van der Waals surface area contributed by atoms with Crippen molar-refractivity contribution >= 4 is 5.97 Å². The first-order valence-electron chi connectivity index (χ1n) is 11.8. The van der Waals surface area contributed by atoms with Gasteiger partial charge in [-0.25, -0.2) is 0 Å². The SMILES string of the molecule is CCCc1ccc(C2CCC(OC(=O)C3CCC(C=CC=C(F)C#N)CC3)CC2)cc1. The van der Waals surface area contributed by atoms with Crippen LogP contribution in [0.5, 0.6) is 0 Å². The number of hydrogen-bond donors (Lipinski definition) is 0. The van der Waals surface area contributed by atoms with Crippen molar-refractivity contribution in [2.24, 2.45) is 11.8 Å². The maximum atomic E-state index is 12.8. The van der Waals surface area contributed by atoms with Gasteiger partial charge in [-0.2, -0.15) is 9.65 Å². The Bertz CT molecular complexity index is 805. The van der Waals surface area contributed by atoms with E-state index in [4.69, 9.17) is 10.00 Å². The molecule has 166 valence electrons. The number of nitriles is 1. The van der Waals surface area contributed by atoms with Gasteiger partial charge in [0.2, 0.25) is 0 Å². The molecule has 31 heavy (non-hydrogen) atoms. The Balaban J connectivity index is 1.39. The largest absolute Gasteiger partial charge is 0.462 e. The van der Waals surface area contributed by atoms with E-state index in [2.05, 4.69) is 31.2 Å². The molecule has 0 aromatic heterocycles. The molecule has 0 N–H and O–H groups in total. The average molecular weight is 424 g/mol. The second-order valence-corrected chi connectivity index (χ2v) is 9.03. The molecule has 0 aliphatic heterocycles. The van der Waals surface area contributed by atoms with E-state index in [9.17, 15) is 9.18 Å². The highest BCUT2D eigenvalue weighted by molar-refractivity contribution is 5.72. The third-order valence-electron chi connectivity index (χ3n) is 6.78. The summed E-state index contributed by atoms with van der Waals surface area (Å²) in [4.78, 5) is 12.6. The van der Waals surface area contributed by atoms with Crippen molar-refractivity contribution in [2.45, 2.75) is 83.2 Å². The van der Waals surface area contributed by atoms with Crippen LogP contribution in [0.15, 0.2) is 48.3 Å². The fraction of sp³-hybridized carbons (Fsp3) is 0.556. The Hall–Kier alpha value is -2.41. The lowest BCUT2D eigenvalue weighted by atomic mass is 9.81. The van der Waals surface area contributed by atoms with E-state index in [-0.39, 0.29) is 18.0 Å². The smallest absolute Gasteiger partial charge is 0.309 e. The Morgan fingerprint density at radius 1 is 1.10 bits per heavy atom. The highest BCUT2D eigenvalue weighted by Gasteiger charge is 2.30. The molecular weight excluding hydrogens is 389 g/mol. The van der Waals surface area contributed by atoms with Crippen molar-refractivity contribution in [1.29, 1.82) is 5.26 Å². The molecule has 1 aromatic rings. The molecule has 2 aliphatic carbocycles. The van der Waals surface area contributed by atoms with Gasteiger partial charge in [0.05, 0.1) is 5.92 Å². The molecule has 2 aliphatic rings. The number of ether oxygens (including phenoxy) is 1. The number of halogens is 1. The maximum Gasteiger partial charge on any atom is 0.309 e. The van der Waals surface area contributed by atoms with Crippen LogP contribution in [-0.4, -0.2) is 12.1 Å². The summed E-state index contributed by atoms with van der Waals surface area (Å²) >= 11 is 0. The molecule has 0 unspecified atom stereocenters. The zero-order valence-corrected chi connectivity index (χ0v) is 18.6. The van der Waals surface area contributed by atoms with Crippen LogP contribution < -0.4 is 0 Å². The molecule has 2 fully saturated rings. The zero-order chi connectivity index (χ0) is 22.1. The van der Waals surface area contributed by atoms with Crippen LogP contribution >= 0.6 is 0 Å². The highest BCUT2D eigenvalue weighted by Crippen LogP contribution is 2.36. The van der Waals surface area contributed by atoms with Crippen molar-refractivity contribution in [3.05, 3.63) is 59.4 Å². The van der Waals surface area contributed by atoms with Gasteiger partial charge in [-0.15, -0.1) is 0 Å². The van der Waals surface area contributed by atoms with Crippen LogP contribution in [0.2, 0.25) is 0 Å². The highest BCUT2D eigenvalue weighted by atomic mass is 19.1. The lowest BCUT2D eigenvalue weighted by molar-refractivity contribution is -0.157. The molecular formula is C27H34FNO2. The number of nitrogens with zero attached hydrogens (tertiary/aromatic N) is 1. The molecule has 0 saturated heterocycles. The molecule has 0 atom stereocenters. The minimum absolute atomic E-state index is 0.0140. The van der Waals surface area contributed by atoms with Gasteiger partial charge in [0.25, 0.3) is 0 Å². The monoisotopic (exact) mass is 423 g/mol. The molecule has 0 spiro atoms. The fourth-order valence-electron chi connectivity index (χ4n) is 4.90. The second-order valence-electron chi connectivity index (χ2n) is 9.03. The van der Waals surface area contributed by atoms with E-state index >= 15 is 0 Å². The minimum Gasteiger partial charge on any atom is -0.462 e. The van der Waals surface area contributed by atoms with E-state index in [1.807, 2.05) is 6.08 Å². The van der Waals surface area contributed by atoms with Crippen LogP contribution in [0.4, 0.5) is 4.39 Å². The van der Waals surface area contributed by atoms with Gasteiger partial charge in [0, 0.05) is 0 Å². The van der Waals surface area contributed by atoms with Crippen LogP contribution in [0.25, 0.3) is 0 Å². The normalized spacial score (nSPS) is 27.1. The predicted molar refractivity (Wildman–Crippen MR) is 121 cm³/mol. The number of carbonyl (C=O) groups excluding carboxylic acids is 1. The van der Waals surface area contributed by atoms with Gasteiger partial charge < -0.3 is 4.74 Å². The molecule has 2 saturated carbocycles. The summed E-state index contributed by atoms with van der Waals surface area (Å²) in [6, 6.07) is 10.5. The fourth-order valence-corrected chi connectivity index (χ4v) is 4.90. The van der Waals surface area contributed by atoms with Gasteiger partial charge in [-0.3, -0.25) is 4.79 Å². The van der Waals surface area contributed by atoms with Crippen LogP contribution in [0.3, 0.4) is 0 Å². The summed E-state index contributed by atoms with van der Waals surface area (Å²) in [6.07, 6.45) is 14.6. The van der Waals surface area contributed by atoms with Crippen molar-refractivity contribution in [2.75, 3.05) is 0 Å². The van der Waals surface area contributed by atoms with Crippen LogP contribution in [0, 0.1) is 23.2 Å². The summed E-state index contributed by atoms with van der Waals surface area (Å²) in [7, 11) is 0. The molecule has 1 aromatic carbocycles. The number of aryl methyl sites for hydroxylation is 1. The van der Waals surface area contributed by atoms with E-state index < -0.39 is 5.83 Å². The first-order valence-corrected chi connectivity index (χ1v) is 11.8. The number of rotatable bonds is 7. The molecule has 3 rings (SSSR count). The lowest BCUT2D eigenvalue weighted by Gasteiger charge is -2.31. The van der Waals surface area contributed by atoms with Gasteiger partial charge in [0.15, 0.2) is 5.83 Å². The zero-order valence-electron chi connectivity index (χ0n) is 18.6. The van der Waals surface area contributed by atoms with Crippen molar-refractivity contribution in [3.63, 3.8) is 0 Å². The van der Waals surface area contributed by atoms with Gasteiger partial charge >= 0.3 is 5.97 Å². The lowest BCUT2D eigenvalue weighted by Crippen LogP contribution is -2.29. The van der Waals surface area contributed by atoms with Gasteiger partial charge in [0.1, 0.15) is 12.2 Å². The van der Waals surface area contributed by atoms with Crippen molar-refractivity contribution < 1.29 is 13.9 Å². The number of benzene rings is 1. The van der Waals surface area contributed by atoms with Crippen molar-refractivity contribution in [1.82, 2.24) is 0 Å². The Morgan fingerprint density at radius 3 is 2.39 bits per heavy atom. The first kappa shape index (κ1) is 23.3. The first-order chi connectivity index (χ1) is 15.1. The minimum atomic E-state index is -0.781. The third-order valence-corrected chi connectivity index (χ3v) is 6.78. The van der Waals surface area contributed by atoms with Crippen molar-refractivity contribution in [3.8, 4) is 6.07 Å². The summed E-state index contributed by atoms with van der Waals surface area (Å²) < 4.78 is 18.7. The third kappa shape index (κ3) is 7.06. The summed E-state index contributed by atoms with van der Waals surface area (Å²) in [5.41, 5.74) is 2.82. The number of esters is 1. The number of carbonyl (C=O) groups is 1. The summed E-state index contributed by atoms with van der Waals surface area (Å²) in [5.74, 6) is 0.0838. The Labute approximate surface area is 186 Å². The van der Waals surface area contributed by atoms with E-state index in [0.29, 0.717) is 11.8 Å². The van der Waals surface area contributed by atoms with Gasteiger partial charge in [-0.1, -0.05) is 49.8 Å². The van der Waals surface area contributed by atoms with E-state index in [1.165, 1.54) is 29.7 Å². The second kappa shape index (κ2) is 11.8. The van der Waals surface area contributed by atoms with Gasteiger partial charge in [-0.05, 0) is 86.8 Å². The molecule has 0 heterocycles.